The Labute approximate surface area is 200 Å². The molecular weight excluding hydrogens is 448 g/mol. The van der Waals surface area contributed by atoms with Gasteiger partial charge in [-0.05, 0) is 53.1 Å². The average molecular weight is 469 g/mol. The minimum atomic E-state index is -0.719. The van der Waals surface area contributed by atoms with Gasteiger partial charge in [0.25, 0.3) is 0 Å². The molecule has 1 aromatic heterocycles. The molecular formula is C29H21F2NO3. The van der Waals surface area contributed by atoms with Gasteiger partial charge in [0.15, 0.2) is 0 Å². The Morgan fingerprint density at radius 1 is 0.971 bits per heavy atom. The van der Waals surface area contributed by atoms with Gasteiger partial charge in [-0.2, -0.15) is 0 Å². The molecule has 0 saturated heterocycles. The Kier molecular flexibility index (Phi) is 5.79. The van der Waals surface area contributed by atoms with Crippen LogP contribution in [0.15, 0.2) is 89.6 Å². The number of halogens is 2. The summed E-state index contributed by atoms with van der Waals surface area (Å²) < 4.78 is 38.7. The molecule has 0 atom stereocenters. The molecule has 0 fully saturated rings. The predicted molar refractivity (Wildman–Crippen MR) is 134 cm³/mol. The maximum Gasteiger partial charge on any atom is 0.248 e. The lowest BCUT2D eigenvalue weighted by atomic mass is 9.97. The van der Waals surface area contributed by atoms with Crippen molar-refractivity contribution in [1.82, 2.24) is 0 Å². The molecule has 0 aliphatic carbocycles. The van der Waals surface area contributed by atoms with Crippen molar-refractivity contribution in [2.24, 2.45) is 0 Å². The molecule has 5 aromatic rings. The zero-order valence-corrected chi connectivity index (χ0v) is 19.1. The monoisotopic (exact) mass is 469 g/mol. The molecule has 5 rings (SSSR count). The van der Waals surface area contributed by atoms with Crippen LogP contribution in [0.25, 0.3) is 38.4 Å². The van der Waals surface area contributed by atoms with Gasteiger partial charge in [0.2, 0.25) is 5.91 Å². The molecule has 0 bridgehead atoms. The second-order valence-electron chi connectivity index (χ2n) is 8.20. The highest BCUT2D eigenvalue weighted by atomic mass is 19.1. The highest BCUT2D eigenvalue weighted by Gasteiger charge is 2.16. The maximum atomic E-state index is 13.9. The molecule has 0 aliphatic rings. The zero-order chi connectivity index (χ0) is 24.5. The average Bonchev–Trinajstić information content (AvgIpc) is 3.28. The number of carbonyl (C=O) groups is 1. The first-order valence-electron chi connectivity index (χ1n) is 11.0. The van der Waals surface area contributed by atoms with Crippen LogP contribution in [-0.2, 0) is 4.79 Å². The number of carbonyl (C=O) groups excluding carboxylic acids is 1. The van der Waals surface area contributed by atoms with E-state index in [-0.39, 0.29) is 5.69 Å². The summed E-state index contributed by atoms with van der Waals surface area (Å²) in [4.78, 5) is 12.5. The molecule has 1 heterocycles. The van der Waals surface area contributed by atoms with Gasteiger partial charge in [0.1, 0.15) is 23.0 Å². The zero-order valence-electron chi connectivity index (χ0n) is 19.1. The number of anilines is 1. The van der Waals surface area contributed by atoms with Gasteiger partial charge in [-0.15, -0.1) is 0 Å². The Bertz CT molecular complexity index is 1620. The number of rotatable bonds is 5. The molecule has 174 valence electrons. The van der Waals surface area contributed by atoms with Crippen LogP contribution in [0.3, 0.4) is 0 Å². The molecule has 4 nitrogen and oxygen atoms in total. The van der Waals surface area contributed by atoms with Gasteiger partial charge < -0.3 is 14.5 Å². The Hall–Kier alpha value is -4.45. The van der Waals surface area contributed by atoms with Crippen LogP contribution in [0.1, 0.15) is 12.5 Å². The topological polar surface area (TPSA) is 51.5 Å². The third kappa shape index (κ3) is 4.38. The third-order valence-electron chi connectivity index (χ3n) is 5.91. The number of fused-ring (bicyclic) bond motifs is 2. The van der Waals surface area contributed by atoms with Crippen LogP contribution in [0.4, 0.5) is 14.5 Å². The van der Waals surface area contributed by atoms with Gasteiger partial charge in [-0.1, -0.05) is 36.4 Å². The van der Waals surface area contributed by atoms with Gasteiger partial charge in [0.05, 0.1) is 19.1 Å². The van der Waals surface area contributed by atoms with Crippen molar-refractivity contribution >= 4 is 38.9 Å². The quantitative estimate of drug-likeness (QED) is 0.270. The number of allylic oxidation sites excluding steroid dienone is 1. The van der Waals surface area contributed by atoms with Crippen molar-refractivity contribution in [3.63, 3.8) is 0 Å². The van der Waals surface area contributed by atoms with Crippen LogP contribution in [0.5, 0.6) is 5.75 Å². The van der Waals surface area contributed by atoms with E-state index >= 15 is 0 Å². The van der Waals surface area contributed by atoms with Crippen molar-refractivity contribution in [3.8, 4) is 16.9 Å². The third-order valence-corrected chi connectivity index (χ3v) is 5.91. The van der Waals surface area contributed by atoms with Crippen molar-refractivity contribution in [3.05, 3.63) is 102 Å². The van der Waals surface area contributed by atoms with E-state index in [1.165, 1.54) is 13.2 Å². The normalized spacial score (nSPS) is 11.7. The highest BCUT2D eigenvalue weighted by Crippen LogP contribution is 2.38. The smallest absolute Gasteiger partial charge is 0.248 e. The molecule has 6 heteroatoms. The molecule has 0 unspecified atom stereocenters. The lowest BCUT2D eigenvalue weighted by Crippen LogP contribution is -2.10. The lowest BCUT2D eigenvalue weighted by molar-refractivity contribution is -0.111. The highest BCUT2D eigenvalue weighted by molar-refractivity contribution is 6.05. The lowest BCUT2D eigenvalue weighted by Gasteiger charge is -2.11. The van der Waals surface area contributed by atoms with Crippen LogP contribution < -0.4 is 10.1 Å². The van der Waals surface area contributed by atoms with Crippen LogP contribution in [0.2, 0.25) is 0 Å². The Morgan fingerprint density at radius 3 is 2.57 bits per heavy atom. The first-order chi connectivity index (χ1) is 16.9. The summed E-state index contributed by atoms with van der Waals surface area (Å²) in [5, 5.41) is 5.51. The van der Waals surface area contributed by atoms with E-state index in [9.17, 15) is 13.6 Å². The van der Waals surface area contributed by atoms with Gasteiger partial charge in [-0.3, -0.25) is 4.79 Å². The van der Waals surface area contributed by atoms with E-state index in [4.69, 9.17) is 9.15 Å². The summed E-state index contributed by atoms with van der Waals surface area (Å²) in [5.74, 6) is -1.43. The summed E-state index contributed by atoms with van der Waals surface area (Å²) in [6.45, 7) is 1.75. The summed E-state index contributed by atoms with van der Waals surface area (Å²) in [7, 11) is 1.54. The van der Waals surface area contributed by atoms with Gasteiger partial charge in [-0.25, -0.2) is 8.78 Å². The van der Waals surface area contributed by atoms with Crippen LogP contribution in [-0.4, -0.2) is 13.0 Å². The molecule has 1 N–H and O–H groups in total. The van der Waals surface area contributed by atoms with Crippen LogP contribution in [0, 0.1) is 11.6 Å². The molecule has 0 aliphatic heterocycles. The van der Waals surface area contributed by atoms with Gasteiger partial charge >= 0.3 is 0 Å². The maximum absolute atomic E-state index is 13.9. The molecule has 4 aromatic carbocycles. The fourth-order valence-electron chi connectivity index (χ4n) is 4.15. The summed E-state index contributed by atoms with van der Waals surface area (Å²) in [6, 6.07) is 20.9. The van der Waals surface area contributed by atoms with E-state index < -0.39 is 17.5 Å². The second-order valence-corrected chi connectivity index (χ2v) is 8.20. The standard InChI is InChI=1S/C29H21F2NO3/c1-17(11-29(33)32-26-13-21(30)9-10-25(26)31)22-14-23-24(16-35-28(23)15-27(22)34-2)20-8-7-18-5-3-4-6-19(18)12-20/h3-16H,1-2H3,(H,32,33)/b17-11+. The number of ether oxygens (including phenoxy) is 1. The SMILES string of the molecule is COc1cc2occ(-c3ccc4ccccc4c3)c2cc1/C(C)=C/C(=O)Nc1cc(F)ccc1F. The number of nitrogens with one attached hydrogen (secondary N) is 1. The number of benzene rings is 4. The van der Waals surface area contributed by atoms with E-state index in [0.717, 1.165) is 45.5 Å². The van der Waals surface area contributed by atoms with Gasteiger partial charge in [0, 0.05) is 34.7 Å². The first-order valence-corrected chi connectivity index (χ1v) is 11.0. The molecule has 0 saturated carbocycles. The summed E-state index contributed by atoms with van der Waals surface area (Å²) in [6.07, 6.45) is 3.03. The molecule has 0 spiro atoms. The Balaban J connectivity index is 1.53. The Morgan fingerprint density at radius 2 is 1.77 bits per heavy atom. The number of furan rings is 1. The van der Waals surface area contributed by atoms with Crippen molar-refractivity contribution < 1.29 is 22.7 Å². The minimum absolute atomic E-state index is 0.227. The first kappa shape index (κ1) is 22.3. The van der Waals surface area contributed by atoms with E-state index in [0.29, 0.717) is 22.5 Å². The van der Waals surface area contributed by atoms with E-state index in [2.05, 4.69) is 29.6 Å². The van der Waals surface area contributed by atoms with Crippen molar-refractivity contribution in [2.45, 2.75) is 6.92 Å². The minimum Gasteiger partial charge on any atom is -0.496 e. The molecule has 1 amide bonds. The van der Waals surface area contributed by atoms with Crippen LogP contribution >= 0.6 is 0 Å². The van der Waals surface area contributed by atoms with Crippen molar-refractivity contribution in [2.75, 3.05) is 12.4 Å². The molecule has 0 radical (unpaired) electrons. The fourth-order valence-corrected chi connectivity index (χ4v) is 4.15. The number of amides is 1. The number of hydrogen-bond donors (Lipinski definition) is 1. The summed E-state index contributed by atoms with van der Waals surface area (Å²) >= 11 is 0. The molecule has 35 heavy (non-hydrogen) atoms. The van der Waals surface area contributed by atoms with E-state index in [1.54, 1.807) is 19.3 Å². The number of hydrogen-bond acceptors (Lipinski definition) is 3. The number of methoxy groups -OCH3 is 1. The fraction of sp³-hybridized carbons (Fsp3) is 0.0690. The van der Waals surface area contributed by atoms with Crippen molar-refractivity contribution in [1.29, 1.82) is 0 Å². The second kappa shape index (κ2) is 9.06. The predicted octanol–water partition coefficient (Wildman–Crippen LogP) is 7.58. The largest absolute Gasteiger partial charge is 0.496 e. The van der Waals surface area contributed by atoms with E-state index in [1.807, 2.05) is 24.3 Å². The summed E-state index contributed by atoms with van der Waals surface area (Å²) in [5.41, 5.74) is 3.60.